The van der Waals surface area contributed by atoms with Gasteiger partial charge in [-0.25, -0.2) is 15.0 Å². The number of hydrogen-bond acceptors (Lipinski definition) is 5. The molecule has 0 fully saturated rings. The lowest BCUT2D eigenvalue weighted by molar-refractivity contribution is 0.669. The summed E-state index contributed by atoms with van der Waals surface area (Å²) in [5, 5.41) is 3.04. The monoisotopic (exact) mass is 683 g/mol. The normalized spacial score (nSPS) is 11.5. The van der Waals surface area contributed by atoms with Gasteiger partial charge in [0, 0.05) is 33.0 Å². The molecule has 0 aliphatic heterocycles. The Morgan fingerprint density at radius 3 is 1.85 bits per heavy atom. The molecule has 0 atom stereocenters. The van der Waals surface area contributed by atoms with Crippen LogP contribution in [0.5, 0.6) is 0 Å². The zero-order valence-electron chi connectivity index (χ0n) is 27.9. The van der Waals surface area contributed by atoms with E-state index >= 15 is 0 Å². The minimum Gasteiger partial charge on any atom is -0.456 e. The third-order valence-electron chi connectivity index (χ3n) is 9.56. The Labute approximate surface area is 304 Å². The average Bonchev–Trinajstić information content (AvgIpc) is 3.83. The molecule has 0 radical (unpaired) electrons. The molecule has 10 aromatic rings. The van der Waals surface area contributed by atoms with Gasteiger partial charge in [0.1, 0.15) is 16.2 Å². The van der Waals surface area contributed by atoms with Crippen molar-refractivity contribution in [3.63, 3.8) is 0 Å². The minimum atomic E-state index is 0.667. The summed E-state index contributed by atoms with van der Waals surface area (Å²) in [5.41, 5.74) is 13.0. The molecule has 0 unspecified atom stereocenters. The Kier molecular flexibility index (Phi) is 7.29. The highest BCUT2D eigenvalue weighted by molar-refractivity contribution is 7.21. The molecule has 5 heteroatoms. The van der Waals surface area contributed by atoms with E-state index in [1.54, 1.807) is 11.3 Å². The predicted octanol–water partition coefficient (Wildman–Crippen LogP) is 13.0. The molecule has 7 aromatic carbocycles. The van der Waals surface area contributed by atoms with E-state index in [0.717, 1.165) is 82.8 Å². The van der Waals surface area contributed by atoms with Crippen LogP contribution in [0.3, 0.4) is 0 Å². The molecule has 3 aromatic heterocycles. The summed E-state index contributed by atoms with van der Waals surface area (Å²) in [6.45, 7) is 0. The fraction of sp³-hybridized carbons (Fsp3) is 0. The van der Waals surface area contributed by atoms with Crippen molar-refractivity contribution in [1.29, 1.82) is 0 Å². The molecule has 0 saturated heterocycles. The van der Waals surface area contributed by atoms with Crippen LogP contribution in [0.15, 0.2) is 180 Å². The van der Waals surface area contributed by atoms with Crippen LogP contribution in [0.2, 0.25) is 0 Å². The van der Waals surface area contributed by atoms with Crippen molar-refractivity contribution in [2.24, 2.45) is 0 Å². The number of fused-ring (bicyclic) bond motifs is 4. The van der Waals surface area contributed by atoms with Gasteiger partial charge in [0.05, 0.1) is 21.6 Å². The van der Waals surface area contributed by atoms with Crippen LogP contribution in [0.4, 0.5) is 0 Å². The molecule has 0 N–H and O–H groups in total. The van der Waals surface area contributed by atoms with Gasteiger partial charge in [-0.1, -0.05) is 133 Å². The van der Waals surface area contributed by atoms with E-state index < -0.39 is 0 Å². The molecular formula is C47H29N3OS. The van der Waals surface area contributed by atoms with Crippen molar-refractivity contribution in [2.45, 2.75) is 0 Å². The first-order valence-corrected chi connectivity index (χ1v) is 18.1. The maximum atomic E-state index is 6.53. The number of rotatable bonds is 6. The highest BCUT2D eigenvalue weighted by Gasteiger charge is 2.18. The molecule has 0 spiro atoms. The largest absolute Gasteiger partial charge is 0.456 e. The van der Waals surface area contributed by atoms with Crippen LogP contribution < -0.4 is 0 Å². The Bertz CT molecular complexity index is 2860. The van der Waals surface area contributed by atoms with Crippen LogP contribution in [-0.4, -0.2) is 15.0 Å². The molecule has 0 bridgehead atoms. The maximum Gasteiger partial charge on any atom is 0.160 e. The van der Waals surface area contributed by atoms with Gasteiger partial charge >= 0.3 is 0 Å². The number of aromatic nitrogens is 3. The first-order valence-electron chi connectivity index (χ1n) is 17.3. The standard InChI is InChI=1S/C47H29N3OS/c1-3-11-30(12-4-1)32-21-23-33(24-22-32)40-29-41(49-46(48-40)35-16-9-15-34(27-35)31-13-5-2-6-14-31)37-17-10-19-42-45(37)38-26-25-36(28-43(38)51-42)47-50-39-18-7-8-20-44(39)52-47/h1-29H. The molecule has 4 nitrogen and oxygen atoms in total. The summed E-state index contributed by atoms with van der Waals surface area (Å²) in [5.74, 6) is 0.667. The lowest BCUT2D eigenvalue weighted by Crippen LogP contribution is -1.96. The number of nitrogens with zero attached hydrogens (tertiary/aromatic N) is 3. The summed E-state index contributed by atoms with van der Waals surface area (Å²) < 4.78 is 7.70. The zero-order chi connectivity index (χ0) is 34.4. The van der Waals surface area contributed by atoms with Gasteiger partial charge in [0.25, 0.3) is 0 Å². The van der Waals surface area contributed by atoms with Crippen molar-refractivity contribution >= 4 is 43.5 Å². The average molecular weight is 684 g/mol. The smallest absolute Gasteiger partial charge is 0.160 e. The fourth-order valence-corrected chi connectivity index (χ4v) is 7.92. The van der Waals surface area contributed by atoms with E-state index in [4.69, 9.17) is 19.4 Å². The van der Waals surface area contributed by atoms with Gasteiger partial charge in [0.15, 0.2) is 5.82 Å². The van der Waals surface area contributed by atoms with Crippen molar-refractivity contribution in [2.75, 3.05) is 0 Å². The van der Waals surface area contributed by atoms with Crippen LogP contribution in [0.1, 0.15) is 0 Å². The molecule has 0 aliphatic carbocycles. The topological polar surface area (TPSA) is 51.8 Å². The number of thiazole rings is 1. The summed E-state index contributed by atoms with van der Waals surface area (Å²) >= 11 is 1.69. The Morgan fingerprint density at radius 1 is 0.404 bits per heavy atom. The van der Waals surface area contributed by atoms with E-state index in [-0.39, 0.29) is 0 Å². The zero-order valence-corrected chi connectivity index (χ0v) is 28.7. The third kappa shape index (κ3) is 5.45. The van der Waals surface area contributed by atoms with Crippen LogP contribution in [0.25, 0.3) is 98.9 Å². The first-order chi connectivity index (χ1) is 25.7. The summed E-state index contributed by atoms with van der Waals surface area (Å²) in [6, 6.07) is 60.9. The van der Waals surface area contributed by atoms with Crippen molar-refractivity contribution in [3.8, 4) is 66.7 Å². The number of hydrogen-bond donors (Lipinski definition) is 0. The van der Waals surface area contributed by atoms with Crippen molar-refractivity contribution in [1.82, 2.24) is 15.0 Å². The second-order valence-corrected chi connectivity index (χ2v) is 13.9. The van der Waals surface area contributed by atoms with Gasteiger partial charge in [-0.15, -0.1) is 11.3 Å². The lowest BCUT2D eigenvalue weighted by atomic mass is 9.99. The second kappa shape index (κ2) is 12.6. The number of para-hydroxylation sites is 1. The van der Waals surface area contributed by atoms with Gasteiger partial charge in [-0.05, 0) is 64.7 Å². The van der Waals surface area contributed by atoms with Crippen molar-refractivity contribution < 1.29 is 4.42 Å². The molecule has 244 valence electrons. The van der Waals surface area contributed by atoms with E-state index in [9.17, 15) is 0 Å². The maximum absolute atomic E-state index is 6.53. The SMILES string of the molecule is c1ccc(-c2ccc(-c3cc(-c4cccc5oc6cc(-c7nc8ccccc8s7)ccc6c45)nc(-c4cccc(-c5ccccc5)c4)n3)cc2)cc1. The Morgan fingerprint density at radius 2 is 1.04 bits per heavy atom. The molecular weight excluding hydrogens is 655 g/mol. The summed E-state index contributed by atoms with van der Waals surface area (Å²) in [6.07, 6.45) is 0. The second-order valence-electron chi connectivity index (χ2n) is 12.8. The molecule has 10 rings (SSSR count). The van der Waals surface area contributed by atoms with E-state index in [1.807, 2.05) is 30.3 Å². The first kappa shape index (κ1) is 30.2. The summed E-state index contributed by atoms with van der Waals surface area (Å²) in [4.78, 5) is 15.3. The van der Waals surface area contributed by atoms with Crippen molar-refractivity contribution in [3.05, 3.63) is 176 Å². The van der Waals surface area contributed by atoms with Gasteiger partial charge in [0.2, 0.25) is 0 Å². The van der Waals surface area contributed by atoms with Crippen LogP contribution in [-0.2, 0) is 0 Å². The summed E-state index contributed by atoms with van der Waals surface area (Å²) in [7, 11) is 0. The molecule has 52 heavy (non-hydrogen) atoms. The lowest BCUT2D eigenvalue weighted by Gasteiger charge is -2.12. The van der Waals surface area contributed by atoms with Gasteiger partial charge < -0.3 is 4.42 Å². The highest BCUT2D eigenvalue weighted by Crippen LogP contribution is 2.40. The molecule has 0 aliphatic rings. The Hall–Kier alpha value is -6.69. The van der Waals surface area contributed by atoms with Gasteiger partial charge in [-0.3, -0.25) is 0 Å². The quantitative estimate of drug-likeness (QED) is 0.175. The third-order valence-corrected chi connectivity index (χ3v) is 10.6. The highest BCUT2D eigenvalue weighted by atomic mass is 32.1. The molecule has 0 amide bonds. The predicted molar refractivity (Wildman–Crippen MR) is 215 cm³/mol. The number of benzene rings is 7. The van der Waals surface area contributed by atoms with Crippen LogP contribution in [0, 0.1) is 0 Å². The van der Waals surface area contributed by atoms with E-state index in [2.05, 4.69) is 146 Å². The van der Waals surface area contributed by atoms with E-state index in [0.29, 0.717) is 5.82 Å². The number of furan rings is 1. The minimum absolute atomic E-state index is 0.667. The van der Waals surface area contributed by atoms with Gasteiger partial charge in [-0.2, -0.15) is 0 Å². The Balaban J connectivity index is 1.13. The molecule has 0 saturated carbocycles. The van der Waals surface area contributed by atoms with E-state index in [1.165, 1.54) is 10.3 Å². The fourth-order valence-electron chi connectivity index (χ4n) is 6.96. The molecule has 3 heterocycles. The van der Waals surface area contributed by atoms with Crippen LogP contribution >= 0.6 is 11.3 Å².